The number of aryl methyl sites for hydroxylation is 1. The standard InChI is InChI=1S/C11H14N6O2/c1-7-14-16-11(17(7)12)15-13-6-8-3-4-10(19-2)9(18)5-8/h3-6,18H,12H2,1-2H3,(H,15,16). The Labute approximate surface area is 109 Å². The Morgan fingerprint density at radius 3 is 2.84 bits per heavy atom. The highest BCUT2D eigenvalue weighted by molar-refractivity contribution is 5.81. The number of nitrogens with zero attached hydrogens (tertiary/aromatic N) is 4. The van der Waals surface area contributed by atoms with Gasteiger partial charge in [0.25, 0.3) is 5.95 Å². The fourth-order valence-electron chi connectivity index (χ4n) is 1.40. The van der Waals surface area contributed by atoms with Gasteiger partial charge in [-0.25, -0.2) is 10.1 Å². The summed E-state index contributed by atoms with van der Waals surface area (Å²) in [7, 11) is 1.49. The van der Waals surface area contributed by atoms with E-state index >= 15 is 0 Å². The average molecular weight is 262 g/mol. The van der Waals surface area contributed by atoms with E-state index in [1.54, 1.807) is 19.1 Å². The number of hydrogen-bond acceptors (Lipinski definition) is 7. The zero-order valence-corrected chi connectivity index (χ0v) is 10.5. The number of aromatic hydroxyl groups is 1. The number of rotatable bonds is 4. The summed E-state index contributed by atoms with van der Waals surface area (Å²) in [6.07, 6.45) is 1.52. The van der Waals surface area contributed by atoms with Crippen molar-refractivity contribution in [3.05, 3.63) is 29.6 Å². The SMILES string of the molecule is COc1ccc(C=NNc2nnc(C)n2N)cc1O. The number of nitrogens with one attached hydrogen (secondary N) is 1. The lowest BCUT2D eigenvalue weighted by molar-refractivity contribution is 0.373. The maximum absolute atomic E-state index is 9.60. The summed E-state index contributed by atoms with van der Waals surface area (Å²) >= 11 is 0. The minimum atomic E-state index is 0.0456. The number of nitrogens with two attached hydrogens (primary N) is 1. The smallest absolute Gasteiger partial charge is 0.263 e. The van der Waals surface area contributed by atoms with E-state index in [9.17, 15) is 5.11 Å². The second kappa shape index (κ2) is 5.25. The Balaban J connectivity index is 2.07. The number of anilines is 1. The highest BCUT2D eigenvalue weighted by atomic mass is 16.5. The maximum atomic E-state index is 9.60. The van der Waals surface area contributed by atoms with Gasteiger partial charge in [0.2, 0.25) is 0 Å². The predicted molar refractivity (Wildman–Crippen MR) is 70.8 cm³/mol. The molecule has 0 spiro atoms. The molecular weight excluding hydrogens is 248 g/mol. The van der Waals surface area contributed by atoms with Crippen molar-refractivity contribution in [2.45, 2.75) is 6.92 Å². The zero-order chi connectivity index (χ0) is 13.8. The molecule has 1 aromatic heterocycles. The van der Waals surface area contributed by atoms with Gasteiger partial charge in [0.05, 0.1) is 13.3 Å². The van der Waals surface area contributed by atoms with E-state index in [0.29, 0.717) is 23.1 Å². The number of nitrogen functional groups attached to an aromatic ring is 1. The summed E-state index contributed by atoms with van der Waals surface area (Å²) in [6, 6.07) is 4.93. The fourth-order valence-corrected chi connectivity index (χ4v) is 1.40. The molecule has 0 atom stereocenters. The normalized spacial score (nSPS) is 10.8. The highest BCUT2D eigenvalue weighted by Crippen LogP contribution is 2.25. The molecule has 0 fully saturated rings. The van der Waals surface area contributed by atoms with Gasteiger partial charge in [0, 0.05) is 0 Å². The maximum Gasteiger partial charge on any atom is 0.263 e. The number of phenolic OH excluding ortho intramolecular Hbond substituents is 1. The summed E-state index contributed by atoms with van der Waals surface area (Å²) in [5.41, 5.74) is 3.35. The third-order valence-corrected chi connectivity index (χ3v) is 2.45. The van der Waals surface area contributed by atoms with Gasteiger partial charge in [0.1, 0.15) is 0 Å². The summed E-state index contributed by atoms with van der Waals surface area (Å²) in [4.78, 5) is 0. The molecule has 0 aliphatic heterocycles. The largest absolute Gasteiger partial charge is 0.504 e. The first-order valence-electron chi connectivity index (χ1n) is 5.45. The molecule has 0 saturated heterocycles. The quantitative estimate of drug-likeness (QED) is 0.419. The molecule has 4 N–H and O–H groups in total. The molecular formula is C11H14N6O2. The Kier molecular flexibility index (Phi) is 3.51. The second-order valence-corrected chi connectivity index (χ2v) is 3.74. The molecule has 0 unspecified atom stereocenters. The molecule has 19 heavy (non-hydrogen) atoms. The monoisotopic (exact) mass is 262 g/mol. The van der Waals surface area contributed by atoms with Crippen molar-refractivity contribution in [2.75, 3.05) is 18.4 Å². The van der Waals surface area contributed by atoms with Gasteiger partial charge < -0.3 is 15.7 Å². The van der Waals surface area contributed by atoms with Crippen LogP contribution in [0.5, 0.6) is 11.5 Å². The molecule has 8 nitrogen and oxygen atoms in total. The number of benzene rings is 1. The van der Waals surface area contributed by atoms with E-state index in [1.165, 1.54) is 24.1 Å². The van der Waals surface area contributed by atoms with Crippen LogP contribution in [0.3, 0.4) is 0 Å². The molecule has 0 amide bonds. The zero-order valence-electron chi connectivity index (χ0n) is 10.5. The first kappa shape index (κ1) is 12.7. The van der Waals surface area contributed by atoms with Crippen molar-refractivity contribution in [1.29, 1.82) is 0 Å². The van der Waals surface area contributed by atoms with Gasteiger partial charge in [-0.2, -0.15) is 5.10 Å². The van der Waals surface area contributed by atoms with Crippen LogP contribution in [0, 0.1) is 6.92 Å². The van der Waals surface area contributed by atoms with Crippen LogP contribution in [0.1, 0.15) is 11.4 Å². The fraction of sp³-hybridized carbons (Fsp3) is 0.182. The van der Waals surface area contributed by atoms with Crippen molar-refractivity contribution in [2.24, 2.45) is 5.10 Å². The molecule has 100 valence electrons. The Morgan fingerprint density at radius 2 is 2.26 bits per heavy atom. The van der Waals surface area contributed by atoms with Gasteiger partial charge >= 0.3 is 0 Å². The Hall–Kier alpha value is -2.77. The van der Waals surface area contributed by atoms with Crippen molar-refractivity contribution in [1.82, 2.24) is 14.9 Å². The van der Waals surface area contributed by atoms with Gasteiger partial charge in [-0.1, -0.05) is 0 Å². The lowest BCUT2D eigenvalue weighted by Crippen LogP contribution is -2.13. The lowest BCUT2D eigenvalue weighted by Gasteiger charge is -2.03. The van der Waals surface area contributed by atoms with Crippen LogP contribution in [0.15, 0.2) is 23.3 Å². The second-order valence-electron chi connectivity index (χ2n) is 3.74. The Bertz CT molecular complexity index is 607. The lowest BCUT2D eigenvalue weighted by atomic mass is 10.2. The van der Waals surface area contributed by atoms with Crippen LogP contribution in [0.25, 0.3) is 0 Å². The number of aromatic nitrogens is 3. The van der Waals surface area contributed by atoms with E-state index in [0.717, 1.165) is 0 Å². The molecule has 0 radical (unpaired) electrons. The van der Waals surface area contributed by atoms with Crippen LogP contribution in [0.2, 0.25) is 0 Å². The summed E-state index contributed by atoms with van der Waals surface area (Å²) in [6.45, 7) is 1.73. The third-order valence-electron chi connectivity index (χ3n) is 2.45. The van der Waals surface area contributed by atoms with Crippen molar-refractivity contribution >= 4 is 12.2 Å². The van der Waals surface area contributed by atoms with Gasteiger partial charge in [-0.15, -0.1) is 10.2 Å². The molecule has 2 rings (SSSR count). The molecule has 1 heterocycles. The number of methoxy groups -OCH3 is 1. The van der Waals surface area contributed by atoms with Crippen molar-refractivity contribution < 1.29 is 9.84 Å². The third kappa shape index (κ3) is 2.73. The van der Waals surface area contributed by atoms with Crippen LogP contribution < -0.4 is 16.0 Å². The molecule has 0 saturated carbocycles. The van der Waals surface area contributed by atoms with Crippen molar-refractivity contribution in [3.8, 4) is 11.5 Å². The van der Waals surface area contributed by atoms with Gasteiger partial charge in [-0.3, -0.25) is 0 Å². The molecule has 1 aromatic carbocycles. The molecule has 8 heteroatoms. The van der Waals surface area contributed by atoms with E-state index in [1.807, 2.05) is 0 Å². The first-order chi connectivity index (χ1) is 9.11. The van der Waals surface area contributed by atoms with Gasteiger partial charge in [0.15, 0.2) is 17.3 Å². The summed E-state index contributed by atoms with van der Waals surface area (Å²) in [5.74, 6) is 6.99. The summed E-state index contributed by atoms with van der Waals surface area (Å²) < 4.78 is 6.22. The number of hydrogen-bond donors (Lipinski definition) is 3. The van der Waals surface area contributed by atoms with E-state index < -0.39 is 0 Å². The molecule has 2 aromatic rings. The Morgan fingerprint density at radius 1 is 1.47 bits per heavy atom. The predicted octanol–water partition coefficient (Wildman–Crippen LogP) is 0.461. The molecule has 0 aliphatic carbocycles. The minimum absolute atomic E-state index is 0.0456. The van der Waals surface area contributed by atoms with Crippen molar-refractivity contribution in [3.63, 3.8) is 0 Å². The first-order valence-corrected chi connectivity index (χ1v) is 5.45. The molecule has 0 aliphatic rings. The number of phenols is 1. The van der Waals surface area contributed by atoms with Crippen LogP contribution in [0.4, 0.5) is 5.95 Å². The average Bonchev–Trinajstić information content (AvgIpc) is 2.71. The van der Waals surface area contributed by atoms with E-state index in [-0.39, 0.29) is 5.75 Å². The van der Waals surface area contributed by atoms with E-state index in [2.05, 4.69) is 20.7 Å². The van der Waals surface area contributed by atoms with E-state index in [4.69, 9.17) is 10.6 Å². The van der Waals surface area contributed by atoms with Gasteiger partial charge in [-0.05, 0) is 30.7 Å². The number of ether oxygens (including phenoxy) is 1. The molecule has 0 bridgehead atoms. The minimum Gasteiger partial charge on any atom is -0.504 e. The summed E-state index contributed by atoms with van der Waals surface area (Å²) in [5, 5.41) is 21.1. The van der Waals surface area contributed by atoms with Crippen LogP contribution in [-0.4, -0.2) is 33.3 Å². The van der Waals surface area contributed by atoms with Crippen LogP contribution in [-0.2, 0) is 0 Å². The topological polar surface area (TPSA) is 111 Å². The highest BCUT2D eigenvalue weighted by Gasteiger charge is 2.03. The van der Waals surface area contributed by atoms with Crippen LogP contribution >= 0.6 is 0 Å². The number of hydrazone groups is 1.